The summed E-state index contributed by atoms with van der Waals surface area (Å²) in [4.78, 5) is 4.31. The van der Waals surface area contributed by atoms with Crippen LogP contribution >= 0.6 is 0 Å². The first-order valence-electron chi connectivity index (χ1n) is 7.38. The lowest BCUT2D eigenvalue weighted by Gasteiger charge is -2.20. The second-order valence-electron chi connectivity index (χ2n) is 5.46. The normalized spacial score (nSPS) is 12.5. The molecule has 1 atom stereocenters. The number of hydrogen-bond acceptors (Lipinski definition) is 2. The van der Waals surface area contributed by atoms with Crippen LogP contribution in [0.1, 0.15) is 30.6 Å². The van der Waals surface area contributed by atoms with Crippen molar-refractivity contribution in [1.82, 2.24) is 19.3 Å². The van der Waals surface area contributed by atoms with Crippen LogP contribution in [0, 0.1) is 12.7 Å². The van der Waals surface area contributed by atoms with Gasteiger partial charge in [-0.05, 0) is 31.0 Å². The lowest BCUT2D eigenvalue weighted by atomic mass is 10.0. The highest BCUT2D eigenvalue weighted by Crippen LogP contribution is 2.30. The maximum atomic E-state index is 13.2. The van der Waals surface area contributed by atoms with Crippen molar-refractivity contribution in [2.75, 3.05) is 0 Å². The van der Waals surface area contributed by atoms with Crippen molar-refractivity contribution in [2.24, 2.45) is 7.05 Å². The third-order valence-corrected chi connectivity index (χ3v) is 3.93. The van der Waals surface area contributed by atoms with E-state index in [2.05, 4.69) is 21.6 Å². The zero-order valence-corrected chi connectivity index (χ0v) is 13.0. The lowest BCUT2D eigenvalue weighted by Crippen LogP contribution is -2.10. The molecule has 114 valence electrons. The first kappa shape index (κ1) is 14.5. The smallest absolute Gasteiger partial charge is 0.123 e. The second-order valence-corrected chi connectivity index (χ2v) is 5.46. The molecule has 0 radical (unpaired) electrons. The second kappa shape index (κ2) is 5.75. The van der Waals surface area contributed by atoms with E-state index < -0.39 is 0 Å². The van der Waals surface area contributed by atoms with Gasteiger partial charge in [0.1, 0.15) is 5.82 Å². The van der Waals surface area contributed by atoms with E-state index in [-0.39, 0.29) is 11.9 Å². The lowest BCUT2D eigenvalue weighted by molar-refractivity contribution is 0.567. The molecule has 0 aliphatic carbocycles. The van der Waals surface area contributed by atoms with Gasteiger partial charge < -0.3 is 4.57 Å². The van der Waals surface area contributed by atoms with E-state index in [1.807, 2.05) is 44.8 Å². The summed E-state index contributed by atoms with van der Waals surface area (Å²) in [7, 11) is 1.91. The predicted octanol–water partition coefficient (Wildman–Crippen LogP) is 3.73. The molecular formula is C17H19FN4. The summed E-state index contributed by atoms with van der Waals surface area (Å²) in [6.45, 7) is 4.11. The molecule has 0 N–H and O–H groups in total. The molecule has 0 aliphatic rings. The zero-order valence-electron chi connectivity index (χ0n) is 13.0. The number of halogens is 1. The molecule has 0 aliphatic heterocycles. The molecule has 0 saturated carbocycles. The fourth-order valence-corrected chi connectivity index (χ4v) is 2.89. The Hall–Kier alpha value is -2.43. The molecule has 0 fully saturated rings. The highest BCUT2D eigenvalue weighted by Gasteiger charge is 2.18. The van der Waals surface area contributed by atoms with Crippen molar-refractivity contribution in [3.8, 4) is 11.3 Å². The average molecular weight is 298 g/mol. The highest BCUT2D eigenvalue weighted by atomic mass is 19.1. The van der Waals surface area contributed by atoms with Gasteiger partial charge in [-0.2, -0.15) is 5.10 Å². The molecule has 3 rings (SSSR count). The number of aryl methyl sites for hydroxylation is 2. The number of hydrogen-bond donors (Lipinski definition) is 0. The molecule has 1 aromatic carbocycles. The number of aromatic nitrogens is 4. The van der Waals surface area contributed by atoms with Crippen LogP contribution in [0.2, 0.25) is 0 Å². The maximum Gasteiger partial charge on any atom is 0.123 e. The third-order valence-electron chi connectivity index (χ3n) is 3.93. The van der Waals surface area contributed by atoms with Crippen molar-refractivity contribution < 1.29 is 4.39 Å². The summed E-state index contributed by atoms with van der Waals surface area (Å²) in [5.41, 5.74) is 4.14. The van der Waals surface area contributed by atoms with Crippen LogP contribution in [0.3, 0.4) is 0 Å². The molecule has 22 heavy (non-hydrogen) atoms. The van der Waals surface area contributed by atoms with Crippen LogP contribution in [0.25, 0.3) is 11.3 Å². The molecule has 2 heterocycles. The standard InChI is InChI=1S/C17H19FN4/c1-4-16(13-5-7-14(18)8-6-13)22-11-19-9-17(22)15-10-21(3)20-12(15)2/h5-11,16H,4H2,1-3H3/t16-/m1/s1. The summed E-state index contributed by atoms with van der Waals surface area (Å²) in [6, 6.07) is 6.80. The molecule has 0 bridgehead atoms. The number of benzene rings is 1. The molecule has 0 spiro atoms. The van der Waals surface area contributed by atoms with Gasteiger partial charge in [0.2, 0.25) is 0 Å². The van der Waals surface area contributed by atoms with E-state index in [0.29, 0.717) is 0 Å². The van der Waals surface area contributed by atoms with Crippen molar-refractivity contribution in [2.45, 2.75) is 26.3 Å². The van der Waals surface area contributed by atoms with Crippen molar-refractivity contribution in [1.29, 1.82) is 0 Å². The van der Waals surface area contributed by atoms with E-state index in [1.54, 1.807) is 4.68 Å². The van der Waals surface area contributed by atoms with Gasteiger partial charge in [-0.3, -0.25) is 4.68 Å². The summed E-state index contributed by atoms with van der Waals surface area (Å²) in [6.07, 6.45) is 6.59. The highest BCUT2D eigenvalue weighted by molar-refractivity contribution is 5.61. The Morgan fingerprint density at radius 3 is 2.55 bits per heavy atom. The minimum absolute atomic E-state index is 0.123. The molecule has 0 saturated heterocycles. The minimum Gasteiger partial charge on any atom is -0.323 e. The SMILES string of the molecule is CC[C@H](c1ccc(F)cc1)n1cncc1-c1cn(C)nc1C. The summed E-state index contributed by atoms with van der Waals surface area (Å²) in [5.74, 6) is -0.215. The van der Waals surface area contributed by atoms with Gasteiger partial charge in [0.25, 0.3) is 0 Å². The first-order chi connectivity index (χ1) is 10.6. The zero-order chi connectivity index (χ0) is 15.7. The van der Waals surface area contributed by atoms with Crippen LogP contribution in [0.5, 0.6) is 0 Å². The molecule has 2 aromatic heterocycles. The van der Waals surface area contributed by atoms with Gasteiger partial charge in [0.15, 0.2) is 0 Å². The van der Waals surface area contributed by atoms with Crippen LogP contribution in [-0.2, 0) is 7.05 Å². The van der Waals surface area contributed by atoms with E-state index in [9.17, 15) is 4.39 Å². The van der Waals surface area contributed by atoms with Crippen LogP contribution < -0.4 is 0 Å². The molecule has 0 amide bonds. The van der Waals surface area contributed by atoms with E-state index in [0.717, 1.165) is 28.9 Å². The molecule has 4 nitrogen and oxygen atoms in total. The maximum absolute atomic E-state index is 13.2. The molecular weight excluding hydrogens is 279 g/mol. The molecule has 3 aromatic rings. The topological polar surface area (TPSA) is 35.6 Å². The van der Waals surface area contributed by atoms with Gasteiger partial charge in [-0.25, -0.2) is 9.37 Å². The van der Waals surface area contributed by atoms with Crippen molar-refractivity contribution >= 4 is 0 Å². The molecule has 0 unspecified atom stereocenters. The summed E-state index contributed by atoms with van der Waals surface area (Å²) < 4.78 is 17.1. The number of nitrogens with zero attached hydrogens (tertiary/aromatic N) is 4. The fraction of sp³-hybridized carbons (Fsp3) is 0.294. The first-order valence-corrected chi connectivity index (χ1v) is 7.38. The summed E-state index contributed by atoms with van der Waals surface area (Å²) >= 11 is 0. The minimum atomic E-state index is -0.215. The van der Waals surface area contributed by atoms with Gasteiger partial charge in [0.05, 0.1) is 30.0 Å². The van der Waals surface area contributed by atoms with Gasteiger partial charge >= 0.3 is 0 Å². The van der Waals surface area contributed by atoms with Crippen molar-refractivity contribution in [3.05, 3.63) is 60.1 Å². The molecule has 5 heteroatoms. The number of rotatable bonds is 4. The van der Waals surface area contributed by atoms with Crippen molar-refractivity contribution in [3.63, 3.8) is 0 Å². The van der Waals surface area contributed by atoms with Gasteiger partial charge in [-0.1, -0.05) is 19.1 Å². The Morgan fingerprint density at radius 1 is 1.23 bits per heavy atom. The Kier molecular flexibility index (Phi) is 3.79. The van der Waals surface area contributed by atoms with Gasteiger partial charge in [0, 0.05) is 18.8 Å². The fourth-order valence-electron chi connectivity index (χ4n) is 2.89. The monoisotopic (exact) mass is 298 g/mol. The summed E-state index contributed by atoms with van der Waals surface area (Å²) in [5, 5.41) is 4.40. The Balaban J connectivity index is 2.06. The third kappa shape index (κ3) is 2.54. The van der Waals surface area contributed by atoms with E-state index in [1.165, 1.54) is 12.1 Å². The quantitative estimate of drug-likeness (QED) is 0.735. The Bertz CT molecular complexity index is 770. The van der Waals surface area contributed by atoms with E-state index in [4.69, 9.17) is 0 Å². The Morgan fingerprint density at radius 2 is 1.95 bits per heavy atom. The predicted molar refractivity (Wildman–Crippen MR) is 84.0 cm³/mol. The van der Waals surface area contributed by atoms with Gasteiger partial charge in [-0.15, -0.1) is 0 Å². The van der Waals surface area contributed by atoms with E-state index >= 15 is 0 Å². The van der Waals surface area contributed by atoms with Crippen LogP contribution in [0.4, 0.5) is 4.39 Å². The van der Waals surface area contributed by atoms with Crippen LogP contribution in [0.15, 0.2) is 43.0 Å². The van der Waals surface area contributed by atoms with Crippen LogP contribution in [-0.4, -0.2) is 19.3 Å². The largest absolute Gasteiger partial charge is 0.323 e. The average Bonchev–Trinajstić information content (AvgIpc) is 3.08. The number of imidazole rings is 1. The Labute approximate surface area is 129 Å².